The zero-order valence-corrected chi connectivity index (χ0v) is 13.0. The van der Waals surface area contributed by atoms with E-state index in [1.807, 2.05) is 0 Å². The number of carbonyl (C=O) groups is 1. The van der Waals surface area contributed by atoms with Gasteiger partial charge in [-0.05, 0) is 39.4 Å². The van der Waals surface area contributed by atoms with Gasteiger partial charge in [-0.3, -0.25) is 4.79 Å². The van der Waals surface area contributed by atoms with Crippen LogP contribution in [-0.4, -0.2) is 63.3 Å². The highest BCUT2D eigenvalue weighted by Gasteiger charge is 2.06. The Morgan fingerprint density at radius 2 is 2.00 bits per heavy atom. The molecular weight excluding hydrogens is 242 g/mol. The van der Waals surface area contributed by atoms with Crippen LogP contribution in [0.3, 0.4) is 0 Å². The number of hydrogen-bond acceptors (Lipinski definition) is 4. The molecule has 5 nitrogen and oxygen atoms in total. The van der Waals surface area contributed by atoms with Gasteiger partial charge in [-0.2, -0.15) is 0 Å². The molecule has 0 aliphatic carbocycles. The van der Waals surface area contributed by atoms with Gasteiger partial charge in [0, 0.05) is 19.7 Å². The number of nitrogens with one attached hydrogen (secondary N) is 2. The molecule has 0 bridgehead atoms. The van der Waals surface area contributed by atoms with E-state index in [9.17, 15) is 4.79 Å². The predicted molar refractivity (Wildman–Crippen MR) is 79.4 cm³/mol. The molecule has 19 heavy (non-hydrogen) atoms. The van der Waals surface area contributed by atoms with Gasteiger partial charge in [0.2, 0.25) is 5.91 Å². The van der Waals surface area contributed by atoms with Crippen LogP contribution in [-0.2, 0) is 9.53 Å². The Morgan fingerprint density at radius 3 is 2.58 bits per heavy atom. The van der Waals surface area contributed by atoms with Crippen molar-refractivity contribution in [1.29, 1.82) is 0 Å². The normalized spacial score (nSPS) is 12.7. The van der Waals surface area contributed by atoms with Crippen molar-refractivity contribution in [2.75, 3.05) is 46.4 Å². The number of ether oxygens (including phenoxy) is 1. The molecule has 1 amide bonds. The van der Waals surface area contributed by atoms with E-state index in [1.165, 1.54) is 6.42 Å². The summed E-state index contributed by atoms with van der Waals surface area (Å²) >= 11 is 0. The van der Waals surface area contributed by atoms with Crippen molar-refractivity contribution < 1.29 is 9.53 Å². The highest BCUT2D eigenvalue weighted by molar-refractivity contribution is 5.77. The maximum absolute atomic E-state index is 11.5. The lowest BCUT2D eigenvalue weighted by Gasteiger charge is -2.19. The van der Waals surface area contributed by atoms with Gasteiger partial charge in [0.1, 0.15) is 0 Å². The monoisotopic (exact) mass is 273 g/mol. The standard InChI is InChI=1S/C14H31N3O2/c1-5-17(6-2)10-7-8-13(3)16-12-14(18)15-9-11-19-4/h13,16H,5-12H2,1-4H3,(H,15,18). The van der Waals surface area contributed by atoms with Crippen molar-refractivity contribution in [3.05, 3.63) is 0 Å². The Morgan fingerprint density at radius 1 is 1.32 bits per heavy atom. The summed E-state index contributed by atoms with van der Waals surface area (Å²) in [5.74, 6) is 0.0349. The van der Waals surface area contributed by atoms with Crippen LogP contribution in [0.15, 0.2) is 0 Å². The smallest absolute Gasteiger partial charge is 0.234 e. The van der Waals surface area contributed by atoms with Gasteiger partial charge in [-0.1, -0.05) is 13.8 Å². The lowest BCUT2D eigenvalue weighted by Crippen LogP contribution is -2.39. The van der Waals surface area contributed by atoms with E-state index in [4.69, 9.17) is 4.74 Å². The number of hydrogen-bond donors (Lipinski definition) is 2. The Balaban J connectivity index is 3.52. The third-order valence-corrected chi connectivity index (χ3v) is 3.25. The summed E-state index contributed by atoms with van der Waals surface area (Å²) in [6, 6.07) is 0.378. The molecule has 0 aromatic carbocycles. The first-order valence-corrected chi connectivity index (χ1v) is 7.35. The third kappa shape index (κ3) is 10.9. The van der Waals surface area contributed by atoms with Gasteiger partial charge in [0.15, 0.2) is 0 Å². The number of carbonyl (C=O) groups excluding carboxylic acids is 1. The Labute approximate surface area is 118 Å². The summed E-state index contributed by atoms with van der Waals surface area (Å²) in [5.41, 5.74) is 0. The van der Waals surface area contributed by atoms with E-state index in [-0.39, 0.29) is 5.91 Å². The second-order valence-electron chi connectivity index (χ2n) is 4.79. The fraction of sp³-hybridized carbons (Fsp3) is 0.929. The maximum Gasteiger partial charge on any atom is 0.234 e. The zero-order chi connectivity index (χ0) is 14.5. The van der Waals surface area contributed by atoms with E-state index in [0.29, 0.717) is 25.7 Å². The van der Waals surface area contributed by atoms with E-state index in [2.05, 4.69) is 36.3 Å². The van der Waals surface area contributed by atoms with Crippen molar-refractivity contribution in [2.45, 2.75) is 39.7 Å². The first-order chi connectivity index (χ1) is 9.13. The summed E-state index contributed by atoms with van der Waals surface area (Å²) in [6.07, 6.45) is 2.27. The molecule has 114 valence electrons. The summed E-state index contributed by atoms with van der Waals surface area (Å²) < 4.78 is 4.87. The molecule has 0 rings (SSSR count). The maximum atomic E-state index is 11.5. The summed E-state index contributed by atoms with van der Waals surface area (Å²) in [7, 11) is 1.63. The highest BCUT2D eigenvalue weighted by Crippen LogP contribution is 1.99. The van der Waals surface area contributed by atoms with Crippen molar-refractivity contribution >= 4 is 5.91 Å². The summed E-state index contributed by atoms with van der Waals surface area (Å²) in [6.45, 7) is 11.4. The van der Waals surface area contributed by atoms with E-state index in [1.54, 1.807) is 7.11 Å². The quantitative estimate of drug-likeness (QED) is 0.518. The molecule has 1 atom stereocenters. The highest BCUT2D eigenvalue weighted by atomic mass is 16.5. The largest absolute Gasteiger partial charge is 0.383 e. The average Bonchev–Trinajstić information content (AvgIpc) is 2.41. The molecule has 0 aromatic heterocycles. The molecule has 0 aromatic rings. The van der Waals surface area contributed by atoms with E-state index in [0.717, 1.165) is 26.1 Å². The molecule has 0 saturated carbocycles. The minimum Gasteiger partial charge on any atom is -0.383 e. The molecule has 0 spiro atoms. The lowest BCUT2D eigenvalue weighted by molar-refractivity contribution is -0.120. The lowest BCUT2D eigenvalue weighted by atomic mass is 10.1. The fourth-order valence-electron chi connectivity index (χ4n) is 1.88. The van der Waals surface area contributed by atoms with E-state index < -0.39 is 0 Å². The molecule has 0 aliphatic heterocycles. The number of rotatable bonds is 12. The van der Waals surface area contributed by atoms with Crippen LogP contribution in [0.1, 0.15) is 33.6 Å². The number of nitrogens with zero attached hydrogens (tertiary/aromatic N) is 1. The summed E-state index contributed by atoms with van der Waals surface area (Å²) in [4.78, 5) is 13.9. The molecule has 0 saturated heterocycles. The Hall–Kier alpha value is -0.650. The molecule has 0 radical (unpaired) electrons. The molecule has 2 N–H and O–H groups in total. The van der Waals surface area contributed by atoms with Crippen LogP contribution in [0.5, 0.6) is 0 Å². The van der Waals surface area contributed by atoms with Gasteiger partial charge >= 0.3 is 0 Å². The number of amides is 1. The van der Waals surface area contributed by atoms with Crippen molar-refractivity contribution in [3.63, 3.8) is 0 Å². The summed E-state index contributed by atoms with van der Waals surface area (Å²) in [5, 5.41) is 6.04. The van der Waals surface area contributed by atoms with Gasteiger partial charge in [0.25, 0.3) is 0 Å². The SMILES string of the molecule is CCN(CC)CCCC(C)NCC(=O)NCCOC. The van der Waals surface area contributed by atoms with E-state index >= 15 is 0 Å². The van der Waals surface area contributed by atoms with Crippen LogP contribution in [0, 0.1) is 0 Å². The number of methoxy groups -OCH3 is 1. The first kappa shape index (κ1) is 18.4. The molecule has 1 unspecified atom stereocenters. The second kappa shape index (κ2) is 12.4. The van der Waals surface area contributed by atoms with Crippen molar-refractivity contribution in [3.8, 4) is 0 Å². The zero-order valence-electron chi connectivity index (χ0n) is 13.0. The van der Waals surface area contributed by atoms with Crippen LogP contribution in [0.25, 0.3) is 0 Å². The second-order valence-corrected chi connectivity index (χ2v) is 4.79. The minimum absolute atomic E-state index is 0.0349. The molecule has 5 heteroatoms. The van der Waals surface area contributed by atoms with Crippen molar-refractivity contribution in [2.24, 2.45) is 0 Å². The van der Waals surface area contributed by atoms with Crippen LogP contribution in [0.4, 0.5) is 0 Å². The first-order valence-electron chi connectivity index (χ1n) is 7.35. The van der Waals surface area contributed by atoms with Crippen LogP contribution in [0.2, 0.25) is 0 Å². The fourth-order valence-corrected chi connectivity index (χ4v) is 1.88. The van der Waals surface area contributed by atoms with Gasteiger partial charge in [0.05, 0.1) is 13.2 Å². The topological polar surface area (TPSA) is 53.6 Å². The Bertz CT molecular complexity index is 221. The predicted octanol–water partition coefficient (Wildman–Crippen LogP) is 0.849. The minimum atomic E-state index is 0.0349. The van der Waals surface area contributed by atoms with Gasteiger partial charge in [-0.15, -0.1) is 0 Å². The molecular formula is C14H31N3O2. The third-order valence-electron chi connectivity index (χ3n) is 3.25. The average molecular weight is 273 g/mol. The Kier molecular flexibility index (Phi) is 12.0. The molecule has 0 heterocycles. The molecule has 0 aliphatic rings. The van der Waals surface area contributed by atoms with Gasteiger partial charge < -0.3 is 20.3 Å². The van der Waals surface area contributed by atoms with Gasteiger partial charge in [-0.25, -0.2) is 0 Å². The van der Waals surface area contributed by atoms with Crippen LogP contribution >= 0.6 is 0 Å². The van der Waals surface area contributed by atoms with Crippen molar-refractivity contribution in [1.82, 2.24) is 15.5 Å². The molecule has 0 fully saturated rings. The van der Waals surface area contributed by atoms with Crippen LogP contribution < -0.4 is 10.6 Å².